The van der Waals surface area contributed by atoms with Crippen LogP contribution in [-0.4, -0.2) is 52.5 Å². The number of fused-ring (bicyclic) bond motifs is 3. The third kappa shape index (κ3) is 3.99. The summed E-state index contributed by atoms with van der Waals surface area (Å²) in [4.78, 5) is 43.5. The van der Waals surface area contributed by atoms with Crippen molar-refractivity contribution in [3.05, 3.63) is 88.5 Å². The summed E-state index contributed by atoms with van der Waals surface area (Å²) in [5.74, 6) is -0.413. The van der Waals surface area contributed by atoms with E-state index in [-0.39, 0.29) is 24.3 Å². The summed E-state index contributed by atoms with van der Waals surface area (Å²) in [6, 6.07) is 20.4. The Morgan fingerprint density at radius 2 is 1.81 bits per heavy atom. The van der Waals surface area contributed by atoms with Crippen molar-refractivity contribution < 1.29 is 14.4 Å². The van der Waals surface area contributed by atoms with Crippen molar-refractivity contribution in [1.29, 1.82) is 0 Å². The molecule has 0 radical (unpaired) electrons. The number of anilines is 2. The van der Waals surface area contributed by atoms with Crippen molar-refractivity contribution in [1.82, 2.24) is 15.1 Å². The van der Waals surface area contributed by atoms with Gasteiger partial charge in [-0.15, -0.1) is 0 Å². The molecular weight excluding hydrogens is 534 g/mol. The molecule has 0 bridgehead atoms. The van der Waals surface area contributed by atoms with E-state index >= 15 is 0 Å². The molecule has 3 aromatic carbocycles. The minimum absolute atomic E-state index is 0.0603. The third-order valence-electron chi connectivity index (χ3n) is 7.37. The number of aromatic amines is 1. The van der Waals surface area contributed by atoms with E-state index in [1.807, 2.05) is 60.7 Å². The largest absolute Gasteiger partial charge is 0.339 e. The van der Waals surface area contributed by atoms with Crippen LogP contribution in [0.25, 0.3) is 10.9 Å². The second-order valence-electron chi connectivity index (χ2n) is 9.49. The molecule has 1 fully saturated rings. The van der Waals surface area contributed by atoms with Crippen molar-refractivity contribution in [2.24, 2.45) is 0 Å². The van der Waals surface area contributed by atoms with Crippen LogP contribution >= 0.6 is 15.9 Å². The van der Waals surface area contributed by atoms with Gasteiger partial charge in [0.15, 0.2) is 0 Å². The molecule has 2 aliphatic heterocycles. The zero-order valence-electron chi connectivity index (χ0n) is 19.9. The standard InChI is InChI=1S/C28H24BrN5O3/c29-21-7-4-8-23-25(21)28(27(37)34(23)17-24(35)31-20-5-2-1-3-6-20)11-13-33(14-12-28)26(36)18-9-10-22-19(15-18)16-30-32-22/h1-10,15-16H,11-14,17H2,(H,30,32)(H,31,35). The molecule has 2 N–H and O–H groups in total. The molecule has 0 aliphatic carbocycles. The topological polar surface area (TPSA) is 98.4 Å². The Kier molecular flexibility index (Phi) is 5.79. The molecule has 1 aromatic heterocycles. The average molecular weight is 558 g/mol. The first kappa shape index (κ1) is 23.4. The lowest BCUT2D eigenvalue weighted by Gasteiger charge is -2.38. The molecule has 186 valence electrons. The van der Waals surface area contributed by atoms with Crippen LogP contribution in [0.15, 0.2) is 77.4 Å². The Morgan fingerprint density at radius 3 is 2.59 bits per heavy atom. The van der Waals surface area contributed by atoms with Gasteiger partial charge in [-0.3, -0.25) is 19.5 Å². The van der Waals surface area contributed by atoms with Crippen molar-refractivity contribution in [2.45, 2.75) is 18.3 Å². The second kappa shape index (κ2) is 9.15. The second-order valence-corrected chi connectivity index (χ2v) is 10.3. The van der Waals surface area contributed by atoms with E-state index < -0.39 is 5.41 Å². The predicted octanol–water partition coefficient (Wildman–Crippen LogP) is 4.48. The highest BCUT2D eigenvalue weighted by atomic mass is 79.9. The molecular formula is C28H24BrN5O3. The number of halogens is 1. The molecule has 0 saturated carbocycles. The summed E-state index contributed by atoms with van der Waals surface area (Å²) in [7, 11) is 0. The first-order valence-corrected chi connectivity index (χ1v) is 12.9. The van der Waals surface area contributed by atoms with Crippen molar-refractivity contribution >= 4 is 55.9 Å². The molecule has 0 atom stereocenters. The molecule has 6 rings (SSSR count). The lowest BCUT2D eigenvalue weighted by Crippen LogP contribution is -2.51. The first-order chi connectivity index (χ1) is 18.0. The van der Waals surface area contributed by atoms with Gasteiger partial charge < -0.3 is 15.1 Å². The average Bonchev–Trinajstić information content (AvgIpc) is 3.47. The summed E-state index contributed by atoms with van der Waals surface area (Å²) >= 11 is 3.66. The van der Waals surface area contributed by atoms with Gasteiger partial charge in [0.05, 0.1) is 17.1 Å². The normalized spacial score (nSPS) is 16.3. The maximum atomic E-state index is 14.0. The van der Waals surface area contributed by atoms with Crippen LogP contribution in [0.1, 0.15) is 28.8 Å². The van der Waals surface area contributed by atoms with Crippen molar-refractivity contribution in [3.8, 4) is 0 Å². The molecule has 9 heteroatoms. The number of rotatable bonds is 4. The van der Waals surface area contributed by atoms with Crippen molar-refractivity contribution in [2.75, 3.05) is 29.9 Å². The summed E-state index contributed by atoms with van der Waals surface area (Å²) in [5.41, 5.74) is 3.02. The van der Waals surface area contributed by atoms with Gasteiger partial charge >= 0.3 is 0 Å². The highest BCUT2D eigenvalue weighted by Gasteiger charge is 2.53. The Hall–Kier alpha value is -3.98. The summed E-state index contributed by atoms with van der Waals surface area (Å²) in [6.07, 6.45) is 2.67. The molecule has 8 nitrogen and oxygen atoms in total. The van der Waals surface area contributed by atoms with Gasteiger partial charge in [-0.1, -0.05) is 40.2 Å². The highest BCUT2D eigenvalue weighted by molar-refractivity contribution is 9.10. The van der Waals surface area contributed by atoms with E-state index in [2.05, 4.69) is 31.4 Å². The van der Waals surface area contributed by atoms with E-state index in [4.69, 9.17) is 0 Å². The molecule has 4 aromatic rings. The Bertz CT molecular complexity index is 1530. The predicted molar refractivity (Wildman–Crippen MR) is 144 cm³/mol. The lowest BCUT2D eigenvalue weighted by atomic mass is 9.73. The van der Waals surface area contributed by atoms with Crippen LogP contribution < -0.4 is 10.2 Å². The number of hydrogen-bond acceptors (Lipinski definition) is 4. The molecule has 2 aliphatic rings. The highest BCUT2D eigenvalue weighted by Crippen LogP contribution is 2.51. The number of piperidine rings is 1. The van der Waals surface area contributed by atoms with E-state index in [1.54, 1.807) is 22.1 Å². The van der Waals surface area contributed by atoms with Crippen LogP contribution in [-0.2, 0) is 15.0 Å². The number of H-pyrrole nitrogens is 1. The van der Waals surface area contributed by atoms with Crippen LogP contribution in [0, 0.1) is 0 Å². The van der Waals surface area contributed by atoms with Crippen LogP contribution in [0.2, 0.25) is 0 Å². The smallest absolute Gasteiger partial charge is 0.253 e. The Labute approximate surface area is 221 Å². The van der Waals surface area contributed by atoms with Gasteiger partial charge in [0.2, 0.25) is 11.8 Å². The number of nitrogens with zero attached hydrogens (tertiary/aromatic N) is 3. The van der Waals surface area contributed by atoms with Crippen LogP contribution in [0.5, 0.6) is 0 Å². The molecule has 37 heavy (non-hydrogen) atoms. The minimum atomic E-state index is -0.784. The Morgan fingerprint density at radius 1 is 1.03 bits per heavy atom. The molecule has 3 amide bonds. The quantitative estimate of drug-likeness (QED) is 0.386. The van der Waals surface area contributed by atoms with E-state index in [0.717, 1.165) is 26.6 Å². The lowest BCUT2D eigenvalue weighted by molar-refractivity contribution is -0.126. The number of carbonyl (C=O) groups excluding carboxylic acids is 3. The van der Waals surface area contributed by atoms with Crippen LogP contribution in [0.3, 0.4) is 0 Å². The van der Waals surface area contributed by atoms with Gasteiger partial charge in [-0.25, -0.2) is 0 Å². The van der Waals surface area contributed by atoms with Gasteiger partial charge in [-0.05, 0) is 55.3 Å². The van der Waals surface area contributed by atoms with Gasteiger partial charge in [-0.2, -0.15) is 5.10 Å². The number of para-hydroxylation sites is 1. The fourth-order valence-electron chi connectivity index (χ4n) is 5.52. The van der Waals surface area contributed by atoms with E-state index in [9.17, 15) is 14.4 Å². The fourth-order valence-corrected chi connectivity index (χ4v) is 6.26. The van der Waals surface area contributed by atoms with Gasteiger partial charge in [0.25, 0.3) is 5.91 Å². The number of nitrogens with one attached hydrogen (secondary N) is 2. The number of amides is 3. The van der Waals surface area contributed by atoms with Crippen LogP contribution in [0.4, 0.5) is 11.4 Å². The maximum Gasteiger partial charge on any atom is 0.253 e. The number of hydrogen-bond donors (Lipinski definition) is 2. The maximum absolute atomic E-state index is 14.0. The zero-order chi connectivity index (χ0) is 25.6. The zero-order valence-corrected chi connectivity index (χ0v) is 21.5. The van der Waals surface area contributed by atoms with E-state index in [1.165, 1.54) is 0 Å². The monoisotopic (exact) mass is 557 g/mol. The number of likely N-dealkylation sites (tertiary alicyclic amines) is 1. The SMILES string of the molecule is O=C(CN1C(=O)C2(CCN(C(=O)c3ccc4[nH]ncc4c3)CC2)c2c(Br)cccc21)Nc1ccccc1. The Balaban J connectivity index is 1.23. The summed E-state index contributed by atoms with van der Waals surface area (Å²) in [5, 5.41) is 10.7. The number of benzene rings is 3. The molecule has 0 unspecified atom stereocenters. The number of carbonyl (C=O) groups is 3. The summed E-state index contributed by atoms with van der Waals surface area (Å²) in [6.45, 7) is 0.809. The summed E-state index contributed by atoms with van der Waals surface area (Å²) < 4.78 is 0.842. The molecule has 3 heterocycles. The van der Waals surface area contributed by atoms with Crippen molar-refractivity contribution in [3.63, 3.8) is 0 Å². The van der Waals surface area contributed by atoms with E-state index in [0.29, 0.717) is 37.2 Å². The van der Waals surface area contributed by atoms with Gasteiger partial charge in [0, 0.05) is 45.5 Å². The molecule has 1 spiro atoms. The fraction of sp³-hybridized carbons (Fsp3) is 0.214. The minimum Gasteiger partial charge on any atom is -0.339 e. The molecule has 1 saturated heterocycles. The number of aromatic nitrogens is 2. The first-order valence-electron chi connectivity index (χ1n) is 12.1. The third-order valence-corrected chi connectivity index (χ3v) is 8.03. The van der Waals surface area contributed by atoms with Gasteiger partial charge in [0.1, 0.15) is 6.54 Å².